The van der Waals surface area contributed by atoms with Crippen molar-refractivity contribution in [3.63, 3.8) is 0 Å². The minimum absolute atomic E-state index is 0.227. The highest BCUT2D eigenvalue weighted by molar-refractivity contribution is 7.89. The van der Waals surface area contributed by atoms with Crippen LogP contribution in [0.2, 0.25) is 0 Å². The lowest BCUT2D eigenvalue weighted by Crippen LogP contribution is -2.26. The molecule has 3 aromatic rings. The maximum atomic E-state index is 13.5. The predicted octanol–water partition coefficient (Wildman–Crippen LogP) is 4.78. The van der Waals surface area contributed by atoms with E-state index in [2.05, 4.69) is 9.62 Å². The van der Waals surface area contributed by atoms with E-state index in [9.17, 15) is 17.9 Å². The zero-order valence-corrected chi connectivity index (χ0v) is 20.1. The monoisotopic (exact) mass is 482 g/mol. The summed E-state index contributed by atoms with van der Waals surface area (Å²) in [6, 6.07) is 20.9. The van der Waals surface area contributed by atoms with Gasteiger partial charge in [-0.15, -0.1) is 0 Å². The fraction of sp³-hybridized carbons (Fsp3) is 0.333. The minimum Gasteiger partial charge on any atom is -0.508 e. The van der Waals surface area contributed by atoms with E-state index in [1.54, 1.807) is 36.4 Å². The average molecular weight is 483 g/mol. The lowest BCUT2D eigenvalue weighted by Gasteiger charge is -2.19. The maximum Gasteiger partial charge on any atom is 0.240 e. The third kappa shape index (κ3) is 6.03. The van der Waals surface area contributed by atoms with Crippen LogP contribution in [0.1, 0.15) is 41.4 Å². The number of likely N-dealkylation sites (tertiary alicyclic amines) is 1. The number of hydrogen-bond donors (Lipinski definition) is 2. The second kappa shape index (κ2) is 10.7. The molecule has 1 heterocycles. The molecule has 0 radical (unpaired) electrons. The normalized spacial score (nSPS) is 18.9. The average Bonchev–Trinajstić information content (AvgIpc) is 3.24. The number of nitrogens with zero attached hydrogens (tertiary/aromatic N) is 1. The molecule has 1 fully saturated rings. The first-order valence-electron chi connectivity index (χ1n) is 11.6. The largest absolute Gasteiger partial charge is 0.508 e. The number of phenols is 1. The van der Waals surface area contributed by atoms with E-state index in [0.717, 1.165) is 49.2 Å². The van der Waals surface area contributed by atoms with Gasteiger partial charge in [0, 0.05) is 31.5 Å². The molecular weight excluding hydrogens is 451 g/mol. The highest BCUT2D eigenvalue weighted by Crippen LogP contribution is 2.40. The summed E-state index contributed by atoms with van der Waals surface area (Å²) in [6.07, 6.45) is 1.61. The molecule has 0 aliphatic carbocycles. The van der Waals surface area contributed by atoms with Crippen molar-refractivity contribution in [2.45, 2.75) is 36.5 Å². The quantitative estimate of drug-likeness (QED) is 0.431. The first kappa shape index (κ1) is 24.4. The van der Waals surface area contributed by atoms with Crippen LogP contribution in [0.4, 0.5) is 4.39 Å². The van der Waals surface area contributed by atoms with Gasteiger partial charge in [0.25, 0.3) is 0 Å². The molecule has 3 aromatic carbocycles. The Labute approximate surface area is 201 Å². The molecule has 0 spiro atoms. The summed E-state index contributed by atoms with van der Waals surface area (Å²) in [5, 5.41) is 9.67. The van der Waals surface area contributed by atoms with Crippen molar-refractivity contribution >= 4 is 10.0 Å². The van der Waals surface area contributed by atoms with E-state index >= 15 is 0 Å². The first-order valence-corrected chi connectivity index (χ1v) is 13.1. The van der Waals surface area contributed by atoms with Gasteiger partial charge >= 0.3 is 0 Å². The lowest BCUT2D eigenvalue weighted by molar-refractivity contribution is 0.323. The zero-order valence-electron chi connectivity index (χ0n) is 19.3. The molecular formula is C27H31FN2O3S. The van der Waals surface area contributed by atoms with Gasteiger partial charge in [-0.3, -0.25) is 0 Å². The number of benzene rings is 3. The summed E-state index contributed by atoms with van der Waals surface area (Å²) in [6.45, 7) is 4.90. The van der Waals surface area contributed by atoms with Gasteiger partial charge in [0.15, 0.2) is 0 Å². The van der Waals surface area contributed by atoms with Crippen molar-refractivity contribution in [3.8, 4) is 5.75 Å². The fourth-order valence-corrected chi connectivity index (χ4v) is 5.72. The van der Waals surface area contributed by atoms with Gasteiger partial charge in [0.1, 0.15) is 11.6 Å². The number of halogens is 1. The standard InChI is InChI=1S/C27H31FN2O3S/c1-20-4-14-25(15-5-20)34(32,33)29-16-2-3-17-30-18-26(21-6-10-23(28)11-7-21)27(19-30)22-8-12-24(31)13-9-22/h4-15,26-27,29,31H,2-3,16-19H2,1H3. The molecule has 0 amide bonds. The zero-order chi connectivity index (χ0) is 24.1. The Kier molecular flexibility index (Phi) is 7.66. The summed E-state index contributed by atoms with van der Waals surface area (Å²) in [5.74, 6) is 0.467. The lowest BCUT2D eigenvalue weighted by atomic mass is 9.84. The van der Waals surface area contributed by atoms with Gasteiger partial charge in [0.05, 0.1) is 4.90 Å². The molecule has 34 heavy (non-hydrogen) atoms. The van der Waals surface area contributed by atoms with Crippen LogP contribution < -0.4 is 4.72 Å². The van der Waals surface area contributed by atoms with E-state index in [1.165, 1.54) is 12.1 Å². The van der Waals surface area contributed by atoms with Gasteiger partial charge in [-0.2, -0.15) is 0 Å². The Bertz CT molecular complexity index is 1130. The number of hydrogen-bond acceptors (Lipinski definition) is 4. The van der Waals surface area contributed by atoms with E-state index in [0.29, 0.717) is 6.54 Å². The number of phenolic OH excluding ortho intramolecular Hbond substituents is 1. The molecule has 2 N–H and O–H groups in total. The van der Waals surface area contributed by atoms with E-state index < -0.39 is 10.0 Å². The smallest absolute Gasteiger partial charge is 0.240 e. The number of rotatable bonds is 9. The molecule has 1 aliphatic heterocycles. The van der Waals surface area contributed by atoms with Crippen LogP contribution in [0.3, 0.4) is 0 Å². The summed E-state index contributed by atoms with van der Waals surface area (Å²) in [4.78, 5) is 2.68. The van der Waals surface area contributed by atoms with Crippen molar-refractivity contribution in [3.05, 3.63) is 95.3 Å². The third-order valence-electron chi connectivity index (χ3n) is 6.54. The van der Waals surface area contributed by atoms with Crippen molar-refractivity contribution in [1.82, 2.24) is 9.62 Å². The Morgan fingerprint density at radius 2 is 1.44 bits per heavy atom. The van der Waals surface area contributed by atoms with Crippen LogP contribution in [0.25, 0.3) is 0 Å². The second-order valence-electron chi connectivity index (χ2n) is 9.03. The molecule has 2 atom stereocenters. The number of nitrogens with one attached hydrogen (secondary N) is 1. The Morgan fingerprint density at radius 3 is 2.03 bits per heavy atom. The van der Waals surface area contributed by atoms with Gasteiger partial charge < -0.3 is 10.0 Å². The van der Waals surface area contributed by atoms with Gasteiger partial charge in [0.2, 0.25) is 10.0 Å². The van der Waals surface area contributed by atoms with Crippen molar-refractivity contribution in [1.29, 1.82) is 0 Å². The number of aromatic hydroxyl groups is 1. The molecule has 2 unspecified atom stereocenters. The molecule has 0 bridgehead atoms. The Morgan fingerprint density at radius 1 is 0.882 bits per heavy atom. The number of sulfonamides is 1. The molecule has 7 heteroatoms. The summed E-state index contributed by atoms with van der Waals surface area (Å²) >= 11 is 0. The van der Waals surface area contributed by atoms with Crippen molar-refractivity contribution < 1.29 is 17.9 Å². The van der Waals surface area contributed by atoms with Crippen LogP contribution in [-0.2, 0) is 10.0 Å². The Balaban J connectivity index is 1.33. The summed E-state index contributed by atoms with van der Waals surface area (Å²) < 4.78 is 41.1. The molecule has 180 valence electrons. The molecule has 1 aliphatic rings. The van der Waals surface area contributed by atoms with Crippen LogP contribution in [0.15, 0.2) is 77.7 Å². The SMILES string of the molecule is Cc1ccc(S(=O)(=O)NCCCCN2CC(c3ccc(O)cc3)C(c3ccc(F)cc3)C2)cc1. The first-order chi connectivity index (χ1) is 16.3. The van der Waals surface area contributed by atoms with Crippen molar-refractivity contribution in [2.24, 2.45) is 0 Å². The molecule has 1 saturated heterocycles. The summed E-state index contributed by atoms with van der Waals surface area (Å²) in [5.41, 5.74) is 3.28. The van der Waals surface area contributed by atoms with Crippen LogP contribution in [-0.4, -0.2) is 44.6 Å². The predicted molar refractivity (Wildman–Crippen MR) is 132 cm³/mol. The number of unbranched alkanes of at least 4 members (excludes halogenated alkanes) is 1. The highest BCUT2D eigenvalue weighted by atomic mass is 32.2. The van der Waals surface area contributed by atoms with E-state index in [-0.39, 0.29) is 28.3 Å². The van der Waals surface area contributed by atoms with Crippen LogP contribution >= 0.6 is 0 Å². The van der Waals surface area contributed by atoms with Crippen LogP contribution in [0.5, 0.6) is 5.75 Å². The number of aryl methyl sites for hydroxylation is 1. The molecule has 0 aromatic heterocycles. The third-order valence-corrected chi connectivity index (χ3v) is 8.02. The van der Waals surface area contributed by atoms with E-state index in [1.807, 2.05) is 31.2 Å². The van der Waals surface area contributed by atoms with E-state index in [4.69, 9.17) is 0 Å². The van der Waals surface area contributed by atoms with Crippen LogP contribution in [0, 0.1) is 12.7 Å². The van der Waals surface area contributed by atoms with Gasteiger partial charge in [-0.25, -0.2) is 17.5 Å². The molecule has 5 nitrogen and oxygen atoms in total. The van der Waals surface area contributed by atoms with Gasteiger partial charge in [-0.05, 0) is 73.8 Å². The Hall–Kier alpha value is -2.74. The highest BCUT2D eigenvalue weighted by Gasteiger charge is 2.34. The summed E-state index contributed by atoms with van der Waals surface area (Å²) in [7, 11) is -3.49. The maximum absolute atomic E-state index is 13.5. The minimum atomic E-state index is -3.49. The topological polar surface area (TPSA) is 69.6 Å². The fourth-order valence-electron chi connectivity index (χ4n) is 4.64. The van der Waals surface area contributed by atoms with Gasteiger partial charge in [-0.1, -0.05) is 42.0 Å². The second-order valence-corrected chi connectivity index (χ2v) is 10.8. The molecule has 0 saturated carbocycles. The van der Waals surface area contributed by atoms with Crippen molar-refractivity contribution in [2.75, 3.05) is 26.2 Å². The molecule has 4 rings (SSSR count).